The van der Waals surface area contributed by atoms with Crippen molar-refractivity contribution >= 4 is 27.7 Å². The molecule has 2 rings (SSSR count). The number of nitrogens with one attached hydrogen (secondary N) is 1. The van der Waals surface area contributed by atoms with Gasteiger partial charge < -0.3 is 10.2 Å². The third kappa shape index (κ3) is 4.57. The number of aryl methyl sites for hydroxylation is 1. The van der Waals surface area contributed by atoms with E-state index in [4.69, 9.17) is 0 Å². The third-order valence-corrected chi connectivity index (χ3v) is 5.07. The molecule has 0 atom stereocenters. The fourth-order valence-corrected chi connectivity index (χ4v) is 3.45. The number of nitrogens with zero attached hydrogens (tertiary/aromatic N) is 1. The molecule has 0 bridgehead atoms. The molecule has 1 aromatic carbocycles. The summed E-state index contributed by atoms with van der Waals surface area (Å²) in [7, 11) is 0. The van der Waals surface area contributed by atoms with Crippen molar-refractivity contribution in [2.24, 2.45) is 0 Å². The first-order valence-corrected chi connectivity index (χ1v) is 8.46. The van der Waals surface area contributed by atoms with Gasteiger partial charge >= 0.3 is 0 Å². The zero-order valence-electron chi connectivity index (χ0n) is 10.9. The molecule has 18 heavy (non-hydrogen) atoms. The lowest BCUT2D eigenvalue weighted by Crippen LogP contribution is -2.37. The maximum atomic E-state index is 3.58. The summed E-state index contributed by atoms with van der Waals surface area (Å²) < 4.78 is 1.20. The second-order valence-electron chi connectivity index (χ2n) is 4.71. The molecule has 1 saturated heterocycles. The Balaban J connectivity index is 1.66. The minimum Gasteiger partial charge on any atom is -0.311 e. The largest absolute Gasteiger partial charge is 0.311 e. The molecule has 0 radical (unpaired) electrons. The zero-order chi connectivity index (χ0) is 12.8. The molecule has 1 N–H and O–H groups in total. The van der Waals surface area contributed by atoms with Crippen LogP contribution in [0.5, 0.6) is 0 Å². The summed E-state index contributed by atoms with van der Waals surface area (Å²) in [5, 5.41) is 3.53. The molecule has 100 valence electrons. The Morgan fingerprint density at radius 2 is 2.11 bits per heavy atom. The standard InChI is InChI=1S/C14H21BrN2S/c1-12-2-3-13(10-14(12)15)11-16-4-5-17-6-8-18-9-7-17/h2-3,10,16H,4-9,11H2,1H3. The van der Waals surface area contributed by atoms with Gasteiger partial charge in [-0.1, -0.05) is 28.1 Å². The van der Waals surface area contributed by atoms with Gasteiger partial charge in [0.15, 0.2) is 0 Å². The summed E-state index contributed by atoms with van der Waals surface area (Å²) in [6.45, 7) is 7.84. The lowest BCUT2D eigenvalue weighted by Gasteiger charge is -2.26. The molecule has 0 aliphatic carbocycles. The van der Waals surface area contributed by atoms with E-state index in [-0.39, 0.29) is 0 Å². The van der Waals surface area contributed by atoms with Crippen molar-refractivity contribution in [2.75, 3.05) is 37.7 Å². The molecule has 1 aliphatic heterocycles. The van der Waals surface area contributed by atoms with Crippen LogP contribution in [0.3, 0.4) is 0 Å². The lowest BCUT2D eigenvalue weighted by molar-refractivity contribution is 0.301. The molecule has 0 amide bonds. The second kappa shape index (κ2) is 7.53. The van der Waals surface area contributed by atoms with Crippen LogP contribution in [-0.4, -0.2) is 42.6 Å². The van der Waals surface area contributed by atoms with E-state index < -0.39 is 0 Å². The Hall–Kier alpha value is -0.0300. The van der Waals surface area contributed by atoms with E-state index in [1.807, 2.05) is 0 Å². The highest BCUT2D eigenvalue weighted by atomic mass is 79.9. The highest BCUT2D eigenvalue weighted by Crippen LogP contribution is 2.17. The summed E-state index contributed by atoms with van der Waals surface area (Å²) in [4.78, 5) is 2.55. The van der Waals surface area contributed by atoms with Crippen molar-refractivity contribution < 1.29 is 0 Å². The third-order valence-electron chi connectivity index (χ3n) is 3.27. The Kier molecular flexibility index (Phi) is 6.02. The van der Waals surface area contributed by atoms with Gasteiger partial charge in [-0.2, -0.15) is 11.8 Å². The van der Waals surface area contributed by atoms with Crippen molar-refractivity contribution in [3.8, 4) is 0 Å². The summed E-state index contributed by atoms with van der Waals surface area (Å²) >= 11 is 5.65. The van der Waals surface area contributed by atoms with E-state index in [1.54, 1.807) is 0 Å². The van der Waals surface area contributed by atoms with E-state index in [1.165, 1.54) is 46.7 Å². The topological polar surface area (TPSA) is 15.3 Å². The Morgan fingerprint density at radius 3 is 2.83 bits per heavy atom. The first-order valence-electron chi connectivity index (χ1n) is 6.51. The van der Waals surface area contributed by atoms with Gasteiger partial charge in [-0.3, -0.25) is 0 Å². The Labute approximate surface area is 123 Å². The Morgan fingerprint density at radius 1 is 1.33 bits per heavy atom. The first kappa shape index (κ1) is 14.4. The van der Waals surface area contributed by atoms with Crippen molar-refractivity contribution in [3.05, 3.63) is 33.8 Å². The second-order valence-corrected chi connectivity index (χ2v) is 6.79. The van der Waals surface area contributed by atoms with Crippen LogP contribution in [0.4, 0.5) is 0 Å². The molecule has 1 aromatic rings. The molecule has 1 aliphatic rings. The minimum absolute atomic E-state index is 0.960. The predicted molar refractivity (Wildman–Crippen MR) is 84.4 cm³/mol. The molecule has 0 aromatic heterocycles. The molecule has 0 spiro atoms. The van der Waals surface area contributed by atoms with Crippen LogP contribution >= 0.6 is 27.7 Å². The van der Waals surface area contributed by atoms with Gasteiger partial charge in [-0.15, -0.1) is 0 Å². The van der Waals surface area contributed by atoms with E-state index in [0.717, 1.165) is 13.1 Å². The number of thioether (sulfide) groups is 1. The van der Waals surface area contributed by atoms with E-state index >= 15 is 0 Å². The number of halogens is 1. The lowest BCUT2D eigenvalue weighted by atomic mass is 10.1. The number of hydrogen-bond donors (Lipinski definition) is 1. The normalized spacial score (nSPS) is 17.0. The van der Waals surface area contributed by atoms with Gasteiger partial charge in [0.05, 0.1) is 0 Å². The predicted octanol–water partition coefficient (Wildman–Crippen LogP) is 2.90. The van der Waals surface area contributed by atoms with Crippen molar-refractivity contribution in [2.45, 2.75) is 13.5 Å². The van der Waals surface area contributed by atoms with Crippen LogP contribution in [0.1, 0.15) is 11.1 Å². The fourth-order valence-electron chi connectivity index (χ4n) is 2.04. The zero-order valence-corrected chi connectivity index (χ0v) is 13.3. The van der Waals surface area contributed by atoms with Gasteiger partial charge in [0.2, 0.25) is 0 Å². The molecular formula is C14H21BrN2S. The van der Waals surface area contributed by atoms with Crippen molar-refractivity contribution in [1.29, 1.82) is 0 Å². The van der Waals surface area contributed by atoms with Crippen molar-refractivity contribution in [3.63, 3.8) is 0 Å². The van der Waals surface area contributed by atoms with Crippen LogP contribution in [0.25, 0.3) is 0 Å². The maximum absolute atomic E-state index is 3.58. The minimum atomic E-state index is 0.960. The highest BCUT2D eigenvalue weighted by Gasteiger charge is 2.08. The Bertz CT molecular complexity index is 378. The van der Waals surface area contributed by atoms with Gasteiger partial charge in [-0.05, 0) is 24.1 Å². The number of benzene rings is 1. The van der Waals surface area contributed by atoms with E-state index in [9.17, 15) is 0 Å². The average Bonchev–Trinajstić information content (AvgIpc) is 2.40. The molecular weight excluding hydrogens is 308 g/mol. The van der Waals surface area contributed by atoms with Crippen LogP contribution in [0, 0.1) is 6.92 Å². The first-order chi connectivity index (χ1) is 8.75. The monoisotopic (exact) mass is 328 g/mol. The average molecular weight is 329 g/mol. The van der Waals surface area contributed by atoms with E-state index in [0.29, 0.717) is 0 Å². The van der Waals surface area contributed by atoms with Crippen LogP contribution in [-0.2, 0) is 6.54 Å². The molecule has 1 heterocycles. The summed E-state index contributed by atoms with van der Waals surface area (Å²) in [5.74, 6) is 2.59. The molecule has 4 heteroatoms. The molecule has 1 fully saturated rings. The summed E-state index contributed by atoms with van der Waals surface area (Å²) in [5.41, 5.74) is 2.64. The van der Waals surface area contributed by atoms with Crippen LogP contribution in [0.15, 0.2) is 22.7 Å². The van der Waals surface area contributed by atoms with Gasteiger partial charge in [0, 0.05) is 48.7 Å². The van der Waals surface area contributed by atoms with Gasteiger partial charge in [-0.25, -0.2) is 0 Å². The number of hydrogen-bond acceptors (Lipinski definition) is 3. The highest BCUT2D eigenvalue weighted by molar-refractivity contribution is 9.10. The van der Waals surface area contributed by atoms with E-state index in [2.05, 4.69) is 63.0 Å². The van der Waals surface area contributed by atoms with Gasteiger partial charge in [0.25, 0.3) is 0 Å². The summed E-state index contributed by atoms with van der Waals surface area (Å²) in [6, 6.07) is 6.58. The molecule has 0 saturated carbocycles. The molecule has 2 nitrogen and oxygen atoms in total. The number of rotatable bonds is 5. The quantitative estimate of drug-likeness (QED) is 0.837. The van der Waals surface area contributed by atoms with Gasteiger partial charge in [0.1, 0.15) is 0 Å². The van der Waals surface area contributed by atoms with Crippen LogP contribution < -0.4 is 5.32 Å². The summed E-state index contributed by atoms with van der Waals surface area (Å²) in [6.07, 6.45) is 0. The van der Waals surface area contributed by atoms with Crippen LogP contribution in [0.2, 0.25) is 0 Å². The smallest absolute Gasteiger partial charge is 0.0207 e. The molecule has 0 unspecified atom stereocenters. The SMILES string of the molecule is Cc1ccc(CNCCN2CCSCC2)cc1Br. The van der Waals surface area contributed by atoms with Crippen molar-refractivity contribution in [1.82, 2.24) is 10.2 Å². The fraction of sp³-hybridized carbons (Fsp3) is 0.571. The maximum Gasteiger partial charge on any atom is 0.0207 e.